The average molecular weight is 285 g/mol. The van der Waals surface area contributed by atoms with E-state index in [0.717, 1.165) is 25.9 Å². The molecule has 0 saturated carbocycles. The molecule has 1 N–H and O–H groups in total. The van der Waals surface area contributed by atoms with Gasteiger partial charge in [0.1, 0.15) is 0 Å². The Kier molecular flexibility index (Phi) is 6.00. The van der Waals surface area contributed by atoms with E-state index in [9.17, 15) is 0 Å². The summed E-state index contributed by atoms with van der Waals surface area (Å²) in [7, 11) is 0. The van der Waals surface area contributed by atoms with Crippen molar-refractivity contribution in [3.63, 3.8) is 0 Å². The molecule has 2 aromatic rings. The van der Waals surface area contributed by atoms with Gasteiger partial charge >= 0.3 is 0 Å². The van der Waals surface area contributed by atoms with Gasteiger partial charge < -0.3 is 5.32 Å². The summed E-state index contributed by atoms with van der Waals surface area (Å²) < 4.78 is 2.08. The molecule has 0 aliphatic carbocycles. The summed E-state index contributed by atoms with van der Waals surface area (Å²) in [6.45, 7) is 8.70. The maximum absolute atomic E-state index is 4.39. The maximum atomic E-state index is 4.39. The van der Waals surface area contributed by atoms with E-state index in [0.29, 0.717) is 6.04 Å². The largest absolute Gasteiger partial charge is 0.314 e. The van der Waals surface area contributed by atoms with E-state index in [-0.39, 0.29) is 0 Å². The first kappa shape index (κ1) is 15.8. The third-order valence-electron chi connectivity index (χ3n) is 3.69. The maximum Gasteiger partial charge on any atom is 0.0682 e. The second-order valence-electron chi connectivity index (χ2n) is 5.70. The van der Waals surface area contributed by atoms with Crippen molar-refractivity contribution in [2.24, 2.45) is 0 Å². The van der Waals surface area contributed by atoms with Crippen LogP contribution in [0, 0.1) is 0 Å². The molecule has 0 spiro atoms. The van der Waals surface area contributed by atoms with E-state index in [4.69, 9.17) is 0 Å². The molecule has 0 aliphatic heterocycles. The molecular weight excluding hydrogens is 258 g/mol. The Balaban J connectivity index is 2.03. The number of hydrogen-bond donors (Lipinski definition) is 1. The fourth-order valence-electron chi connectivity index (χ4n) is 2.60. The molecular formula is C18H27N3. The van der Waals surface area contributed by atoms with Crippen LogP contribution in [-0.2, 0) is 13.0 Å². The zero-order chi connectivity index (χ0) is 15.1. The number of aromatic nitrogens is 2. The van der Waals surface area contributed by atoms with Crippen molar-refractivity contribution < 1.29 is 0 Å². The van der Waals surface area contributed by atoms with E-state index < -0.39 is 0 Å². The monoisotopic (exact) mass is 285 g/mol. The van der Waals surface area contributed by atoms with Gasteiger partial charge in [-0.2, -0.15) is 5.10 Å². The Morgan fingerprint density at radius 1 is 1.10 bits per heavy atom. The predicted molar refractivity (Wildman–Crippen MR) is 89.4 cm³/mol. The number of nitrogens with zero attached hydrogens (tertiary/aromatic N) is 2. The van der Waals surface area contributed by atoms with Crippen LogP contribution in [0.5, 0.6) is 0 Å². The van der Waals surface area contributed by atoms with Crippen LogP contribution in [-0.4, -0.2) is 22.4 Å². The number of aryl methyl sites for hydroxylation is 1. The molecule has 1 unspecified atom stereocenters. The first-order valence-electron chi connectivity index (χ1n) is 8.09. The predicted octanol–water partition coefficient (Wildman–Crippen LogP) is 3.89. The van der Waals surface area contributed by atoms with Crippen molar-refractivity contribution in [3.05, 3.63) is 42.1 Å². The van der Waals surface area contributed by atoms with Gasteiger partial charge in [0.15, 0.2) is 0 Å². The minimum Gasteiger partial charge on any atom is -0.314 e. The molecule has 0 fully saturated rings. The SMILES string of the molecule is CCCNC(C)Cc1ccc(-c2ccnn2CCC)cc1. The van der Waals surface area contributed by atoms with Gasteiger partial charge in [-0.3, -0.25) is 4.68 Å². The van der Waals surface area contributed by atoms with Crippen molar-refractivity contribution in [2.75, 3.05) is 6.54 Å². The molecule has 0 radical (unpaired) electrons. The van der Waals surface area contributed by atoms with E-state index in [1.54, 1.807) is 0 Å². The number of benzene rings is 1. The van der Waals surface area contributed by atoms with Gasteiger partial charge in [-0.1, -0.05) is 38.1 Å². The molecule has 21 heavy (non-hydrogen) atoms. The minimum absolute atomic E-state index is 0.529. The van der Waals surface area contributed by atoms with Crippen LogP contribution >= 0.6 is 0 Å². The van der Waals surface area contributed by atoms with Crippen molar-refractivity contribution in [2.45, 2.75) is 52.6 Å². The summed E-state index contributed by atoms with van der Waals surface area (Å²) in [5.74, 6) is 0. The Bertz CT molecular complexity index is 528. The first-order valence-corrected chi connectivity index (χ1v) is 8.09. The summed E-state index contributed by atoms with van der Waals surface area (Å²) in [6, 6.07) is 11.5. The molecule has 1 heterocycles. The summed E-state index contributed by atoms with van der Waals surface area (Å²) in [5.41, 5.74) is 3.84. The second-order valence-corrected chi connectivity index (χ2v) is 5.70. The molecule has 3 nitrogen and oxygen atoms in total. The third-order valence-corrected chi connectivity index (χ3v) is 3.69. The van der Waals surface area contributed by atoms with Crippen molar-refractivity contribution in [1.82, 2.24) is 15.1 Å². The average Bonchev–Trinajstić information content (AvgIpc) is 2.95. The molecule has 0 aliphatic rings. The van der Waals surface area contributed by atoms with Crippen LogP contribution in [0.25, 0.3) is 11.3 Å². The normalized spacial score (nSPS) is 12.5. The van der Waals surface area contributed by atoms with Crippen LogP contribution < -0.4 is 5.32 Å². The first-order chi connectivity index (χ1) is 10.2. The molecule has 114 valence electrons. The molecule has 0 bridgehead atoms. The lowest BCUT2D eigenvalue weighted by atomic mass is 10.0. The summed E-state index contributed by atoms with van der Waals surface area (Å²) in [5, 5.41) is 7.93. The van der Waals surface area contributed by atoms with Gasteiger partial charge in [0.2, 0.25) is 0 Å². The fraction of sp³-hybridized carbons (Fsp3) is 0.500. The van der Waals surface area contributed by atoms with Gasteiger partial charge in [0, 0.05) is 18.8 Å². The van der Waals surface area contributed by atoms with Crippen LogP contribution in [0.4, 0.5) is 0 Å². The molecule has 2 rings (SSSR count). The van der Waals surface area contributed by atoms with Gasteiger partial charge in [-0.25, -0.2) is 0 Å². The fourth-order valence-corrected chi connectivity index (χ4v) is 2.60. The molecule has 0 saturated heterocycles. The highest BCUT2D eigenvalue weighted by Crippen LogP contribution is 2.20. The summed E-state index contributed by atoms with van der Waals surface area (Å²) in [4.78, 5) is 0. The highest BCUT2D eigenvalue weighted by atomic mass is 15.3. The van der Waals surface area contributed by atoms with Gasteiger partial charge in [-0.05, 0) is 49.9 Å². The Morgan fingerprint density at radius 3 is 2.52 bits per heavy atom. The third kappa shape index (κ3) is 4.43. The number of rotatable bonds is 8. The topological polar surface area (TPSA) is 29.9 Å². The molecule has 3 heteroatoms. The van der Waals surface area contributed by atoms with Crippen LogP contribution in [0.1, 0.15) is 39.2 Å². The van der Waals surface area contributed by atoms with E-state index in [2.05, 4.69) is 66.2 Å². The summed E-state index contributed by atoms with van der Waals surface area (Å²) >= 11 is 0. The lowest BCUT2D eigenvalue weighted by Crippen LogP contribution is -2.28. The zero-order valence-corrected chi connectivity index (χ0v) is 13.5. The molecule has 1 aromatic carbocycles. The molecule has 1 atom stereocenters. The minimum atomic E-state index is 0.529. The Hall–Kier alpha value is -1.61. The van der Waals surface area contributed by atoms with E-state index in [1.807, 2.05) is 6.20 Å². The van der Waals surface area contributed by atoms with E-state index in [1.165, 1.54) is 23.2 Å². The zero-order valence-electron chi connectivity index (χ0n) is 13.5. The van der Waals surface area contributed by atoms with Gasteiger partial charge in [-0.15, -0.1) is 0 Å². The van der Waals surface area contributed by atoms with Crippen LogP contribution in [0.2, 0.25) is 0 Å². The molecule has 0 amide bonds. The number of hydrogen-bond acceptors (Lipinski definition) is 2. The van der Waals surface area contributed by atoms with Gasteiger partial charge in [0.25, 0.3) is 0 Å². The standard InChI is InChI=1S/C18H27N3/c1-4-11-19-15(3)14-16-6-8-17(9-7-16)18-10-12-20-21(18)13-5-2/h6-10,12,15,19H,4-5,11,13-14H2,1-3H3. The highest BCUT2D eigenvalue weighted by Gasteiger charge is 2.06. The van der Waals surface area contributed by atoms with E-state index >= 15 is 0 Å². The summed E-state index contributed by atoms with van der Waals surface area (Å²) in [6.07, 6.45) is 5.25. The quantitative estimate of drug-likeness (QED) is 0.797. The number of nitrogens with one attached hydrogen (secondary N) is 1. The lowest BCUT2D eigenvalue weighted by Gasteiger charge is -2.13. The van der Waals surface area contributed by atoms with Gasteiger partial charge in [0.05, 0.1) is 5.69 Å². The van der Waals surface area contributed by atoms with Crippen LogP contribution in [0.3, 0.4) is 0 Å². The highest BCUT2D eigenvalue weighted by molar-refractivity contribution is 5.59. The van der Waals surface area contributed by atoms with Crippen molar-refractivity contribution >= 4 is 0 Å². The Labute approximate surface area is 128 Å². The molecule has 1 aromatic heterocycles. The van der Waals surface area contributed by atoms with Crippen molar-refractivity contribution in [1.29, 1.82) is 0 Å². The van der Waals surface area contributed by atoms with Crippen molar-refractivity contribution in [3.8, 4) is 11.3 Å². The lowest BCUT2D eigenvalue weighted by molar-refractivity contribution is 0.543. The van der Waals surface area contributed by atoms with Crippen LogP contribution in [0.15, 0.2) is 36.5 Å². The Morgan fingerprint density at radius 2 is 1.86 bits per heavy atom. The second kappa shape index (κ2) is 7.99. The smallest absolute Gasteiger partial charge is 0.0682 e.